The highest BCUT2D eigenvalue weighted by molar-refractivity contribution is 5.70. The highest BCUT2D eigenvalue weighted by Gasteiger charge is 2.56. The van der Waals surface area contributed by atoms with Crippen molar-refractivity contribution >= 4 is 5.97 Å². The smallest absolute Gasteiger partial charge is 0.306 e. The SMILES string of the molecule is C[C@@]12CC[C@H]3c4ccc(O)cc4CC[C@@H]3[C@H]1CC[C@H]2OC(=O)CCc1ccccc1. The van der Waals surface area contributed by atoms with Crippen LogP contribution < -0.4 is 0 Å². The lowest BCUT2D eigenvalue weighted by atomic mass is 9.55. The average Bonchev–Trinajstić information content (AvgIpc) is 3.09. The summed E-state index contributed by atoms with van der Waals surface area (Å²) in [6.45, 7) is 2.38. The summed E-state index contributed by atoms with van der Waals surface area (Å²) >= 11 is 0. The minimum absolute atomic E-state index is 0.0442. The standard InChI is InChI=1S/C27H32O3/c1-27-16-15-22-21-11-9-20(28)17-19(21)8-10-23(22)24(27)12-13-25(27)30-26(29)14-7-18-5-3-2-4-6-18/h2-6,9,11,17,22-25,28H,7-8,10,12-16H2,1H3/t22-,23-,24+,25+,27+/m0/s1. The maximum atomic E-state index is 12.6. The van der Waals surface area contributed by atoms with Gasteiger partial charge in [0, 0.05) is 11.8 Å². The van der Waals surface area contributed by atoms with Crippen LogP contribution in [-0.2, 0) is 22.4 Å². The Morgan fingerprint density at radius 3 is 2.77 bits per heavy atom. The Kier molecular flexibility index (Phi) is 5.08. The van der Waals surface area contributed by atoms with Crippen molar-refractivity contribution in [2.45, 2.75) is 70.3 Å². The van der Waals surface area contributed by atoms with Crippen LogP contribution in [0, 0.1) is 17.3 Å². The van der Waals surface area contributed by atoms with E-state index < -0.39 is 0 Å². The fourth-order valence-corrected chi connectivity index (χ4v) is 6.82. The third-order valence-electron chi connectivity index (χ3n) is 8.36. The molecule has 3 aliphatic carbocycles. The number of hydrogen-bond donors (Lipinski definition) is 1. The van der Waals surface area contributed by atoms with Gasteiger partial charge in [0.1, 0.15) is 11.9 Å². The zero-order valence-corrected chi connectivity index (χ0v) is 17.8. The normalized spacial score (nSPS) is 32.0. The van der Waals surface area contributed by atoms with Crippen LogP contribution in [0.15, 0.2) is 48.5 Å². The highest BCUT2D eigenvalue weighted by Crippen LogP contribution is 2.61. The van der Waals surface area contributed by atoms with Gasteiger partial charge in [-0.05, 0) is 91.5 Å². The van der Waals surface area contributed by atoms with Gasteiger partial charge in [-0.15, -0.1) is 0 Å². The van der Waals surface area contributed by atoms with Gasteiger partial charge >= 0.3 is 5.97 Å². The molecular formula is C27H32O3. The van der Waals surface area contributed by atoms with Crippen LogP contribution in [0.1, 0.15) is 68.1 Å². The molecule has 2 saturated carbocycles. The van der Waals surface area contributed by atoms with E-state index in [2.05, 4.69) is 25.1 Å². The van der Waals surface area contributed by atoms with Gasteiger partial charge in [0.2, 0.25) is 0 Å². The van der Waals surface area contributed by atoms with E-state index in [9.17, 15) is 9.90 Å². The zero-order valence-electron chi connectivity index (χ0n) is 17.8. The zero-order chi connectivity index (χ0) is 20.7. The Bertz CT molecular complexity index is 921. The average molecular weight is 405 g/mol. The molecule has 0 saturated heterocycles. The predicted octanol–water partition coefficient (Wildman–Crippen LogP) is 5.79. The molecular weight excluding hydrogens is 372 g/mol. The number of carbonyl (C=O) groups is 1. The van der Waals surface area contributed by atoms with Crippen molar-refractivity contribution in [2.75, 3.05) is 0 Å². The monoisotopic (exact) mass is 404 g/mol. The van der Waals surface area contributed by atoms with Gasteiger partial charge in [-0.25, -0.2) is 0 Å². The summed E-state index contributed by atoms with van der Waals surface area (Å²) in [6.07, 6.45) is 7.97. The molecule has 2 aromatic rings. The van der Waals surface area contributed by atoms with E-state index in [1.807, 2.05) is 30.3 Å². The van der Waals surface area contributed by atoms with Crippen LogP contribution in [0.3, 0.4) is 0 Å². The van der Waals surface area contributed by atoms with Crippen LogP contribution >= 0.6 is 0 Å². The molecule has 30 heavy (non-hydrogen) atoms. The Morgan fingerprint density at radius 1 is 1.10 bits per heavy atom. The quantitative estimate of drug-likeness (QED) is 0.656. The molecule has 1 N–H and O–H groups in total. The number of phenolic OH excluding ortho intramolecular Hbond substituents is 1. The van der Waals surface area contributed by atoms with Crippen molar-refractivity contribution in [1.82, 2.24) is 0 Å². The molecule has 5 rings (SSSR count). The lowest BCUT2D eigenvalue weighted by Gasteiger charge is -2.50. The van der Waals surface area contributed by atoms with Crippen molar-refractivity contribution in [3.63, 3.8) is 0 Å². The van der Waals surface area contributed by atoms with E-state index in [0.29, 0.717) is 29.9 Å². The fourth-order valence-electron chi connectivity index (χ4n) is 6.82. The highest BCUT2D eigenvalue weighted by atomic mass is 16.5. The van der Waals surface area contributed by atoms with Crippen molar-refractivity contribution in [2.24, 2.45) is 17.3 Å². The molecule has 2 fully saturated rings. The van der Waals surface area contributed by atoms with E-state index in [0.717, 1.165) is 32.1 Å². The first-order valence-corrected chi connectivity index (χ1v) is 11.6. The number of benzene rings is 2. The largest absolute Gasteiger partial charge is 0.508 e. The molecule has 0 unspecified atom stereocenters. The summed E-state index contributed by atoms with van der Waals surface area (Å²) in [5, 5.41) is 9.86. The number of hydrogen-bond acceptors (Lipinski definition) is 3. The van der Waals surface area contributed by atoms with Gasteiger partial charge in [-0.3, -0.25) is 4.79 Å². The van der Waals surface area contributed by atoms with Gasteiger partial charge in [0.05, 0.1) is 0 Å². The number of rotatable bonds is 4. The summed E-state index contributed by atoms with van der Waals surface area (Å²) < 4.78 is 6.10. The van der Waals surface area contributed by atoms with Gasteiger partial charge in [-0.1, -0.05) is 43.3 Å². The Balaban J connectivity index is 1.26. The number of esters is 1. The lowest BCUT2D eigenvalue weighted by Crippen LogP contribution is -2.45. The minimum atomic E-state index is -0.0442. The third kappa shape index (κ3) is 3.42. The van der Waals surface area contributed by atoms with Crippen LogP contribution in [0.4, 0.5) is 0 Å². The molecule has 158 valence electrons. The molecule has 3 aliphatic rings. The second-order valence-corrected chi connectivity index (χ2v) is 9.88. The van der Waals surface area contributed by atoms with Gasteiger partial charge in [-0.2, -0.15) is 0 Å². The van der Waals surface area contributed by atoms with Crippen molar-refractivity contribution in [1.29, 1.82) is 0 Å². The number of ether oxygens (including phenoxy) is 1. The summed E-state index contributed by atoms with van der Waals surface area (Å²) in [4.78, 5) is 12.6. The Morgan fingerprint density at radius 2 is 1.93 bits per heavy atom. The molecule has 0 bridgehead atoms. The van der Waals surface area contributed by atoms with Crippen molar-refractivity contribution < 1.29 is 14.6 Å². The minimum Gasteiger partial charge on any atom is -0.508 e. The first-order chi connectivity index (χ1) is 14.5. The molecule has 3 nitrogen and oxygen atoms in total. The van der Waals surface area contributed by atoms with Crippen LogP contribution in [0.5, 0.6) is 5.75 Å². The van der Waals surface area contributed by atoms with Gasteiger partial charge in [0.25, 0.3) is 0 Å². The second-order valence-electron chi connectivity index (χ2n) is 9.88. The first kappa shape index (κ1) is 19.7. The third-order valence-corrected chi connectivity index (χ3v) is 8.36. The maximum Gasteiger partial charge on any atom is 0.306 e. The van der Waals surface area contributed by atoms with Gasteiger partial charge < -0.3 is 9.84 Å². The molecule has 3 heteroatoms. The Hall–Kier alpha value is -2.29. The van der Waals surface area contributed by atoms with Crippen molar-refractivity contribution in [3.05, 3.63) is 65.2 Å². The van der Waals surface area contributed by atoms with Gasteiger partial charge in [0.15, 0.2) is 0 Å². The maximum absolute atomic E-state index is 12.6. The lowest BCUT2D eigenvalue weighted by molar-refractivity contribution is -0.157. The first-order valence-electron chi connectivity index (χ1n) is 11.6. The van der Waals surface area contributed by atoms with Crippen LogP contribution in [-0.4, -0.2) is 17.2 Å². The molecule has 0 radical (unpaired) electrons. The number of fused-ring (bicyclic) bond motifs is 5. The fraction of sp³-hybridized carbons (Fsp3) is 0.519. The van der Waals surface area contributed by atoms with E-state index in [4.69, 9.17) is 4.74 Å². The second kappa shape index (κ2) is 7.76. The van der Waals surface area contributed by atoms with E-state index in [-0.39, 0.29) is 17.5 Å². The molecule has 5 atom stereocenters. The molecule has 0 amide bonds. The molecule has 0 heterocycles. The van der Waals surface area contributed by atoms with Crippen molar-refractivity contribution in [3.8, 4) is 5.75 Å². The molecule has 0 aromatic heterocycles. The summed E-state index contributed by atoms with van der Waals surface area (Å²) in [5.74, 6) is 2.24. The number of aromatic hydroxyl groups is 1. The number of carbonyl (C=O) groups excluding carboxylic acids is 1. The number of phenols is 1. The summed E-state index contributed by atoms with van der Waals surface area (Å²) in [6, 6.07) is 16.2. The predicted molar refractivity (Wildman–Crippen MR) is 117 cm³/mol. The molecule has 2 aromatic carbocycles. The molecule has 0 spiro atoms. The summed E-state index contributed by atoms with van der Waals surface area (Å²) in [5.41, 5.74) is 4.09. The van der Waals surface area contributed by atoms with E-state index in [1.54, 1.807) is 0 Å². The number of aryl methyl sites for hydroxylation is 2. The Labute approximate surface area is 179 Å². The van der Waals surface area contributed by atoms with Crippen LogP contribution in [0.25, 0.3) is 0 Å². The topological polar surface area (TPSA) is 46.5 Å². The molecule has 0 aliphatic heterocycles. The van der Waals surface area contributed by atoms with E-state index in [1.165, 1.54) is 29.5 Å². The van der Waals surface area contributed by atoms with E-state index >= 15 is 0 Å². The van der Waals surface area contributed by atoms with Crippen LogP contribution in [0.2, 0.25) is 0 Å². The summed E-state index contributed by atoms with van der Waals surface area (Å²) in [7, 11) is 0.